The van der Waals surface area contributed by atoms with Crippen LogP contribution < -0.4 is 0 Å². The third kappa shape index (κ3) is 4.13. The van der Waals surface area contributed by atoms with Gasteiger partial charge in [0.05, 0.1) is 0 Å². The summed E-state index contributed by atoms with van der Waals surface area (Å²) in [6.45, 7) is 6.59. The third-order valence-electron chi connectivity index (χ3n) is 5.09. The fourth-order valence-electron chi connectivity index (χ4n) is 3.40. The number of amides is 2. The van der Waals surface area contributed by atoms with E-state index in [4.69, 9.17) is 0 Å². The van der Waals surface area contributed by atoms with E-state index in [1.54, 1.807) is 0 Å². The Morgan fingerprint density at radius 2 is 1.31 bits per heavy atom. The van der Waals surface area contributed by atoms with Crippen molar-refractivity contribution in [2.24, 2.45) is 0 Å². The van der Waals surface area contributed by atoms with E-state index in [0.717, 1.165) is 0 Å². The predicted octanol–water partition coefficient (Wildman–Crippen LogP) is 3.34. The molecule has 2 aromatic carbocycles. The molecule has 1 saturated heterocycles. The van der Waals surface area contributed by atoms with Gasteiger partial charge in [-0.25, -0.2) is 0 Å². The van der Waals surface area contributed by atoms with Crippen LogP contribution in [0.3, 0.4) is 0 Å². The Balaban J connectivity index is 1.56. The van der Waals surface area contributed by atoms with Gasteiger partial charge in [-0.05, 0) is 23.1 Å². The fraction of sp³-hybridized carbons (Fsp3) is 0.364. The molecule has 1 heterocycles. The van der Waals surface area contributed by atoms with Crippen molar-refractivity contribution in [1.82, 2.24) is 9.80 Å². The van der Waals surface area contributed by atoms with Crippen LogP contribution in [0.4, 0.5) is 0 Å². The van der Waals surface area contributed by atoms with Gasteiger partial charge in [0, 0.05) is 38.2 Å². The maximum absolute atomic E-state index is 12.8. The summed E-state index contributed by atoms with van der Waals surface area (Å²) in [6.07, 6.45) is 0.476. The largest absolute Gasteiger partial charge is 0.339 e. The molecular weight excluding hydrogens is 324 g/mol. The zero-order chi connectivity index (χ0) is 18.6. The minimum absolute atomic E-state index is 0.0438. The Bertz CT molecular complexity index is 748. The van der Waals surface area contributed by atoms with Gasteiger partial charge in [0.25, 0.3) is 5.91 Å². The summed E-state index contributed by atoms with van der Waals surface area (Å²) in [5.41, 5.74) is 1.68. The molecule has 2 amide bonds. The van der Waals surface area contributed by atoms with Gasteiger partial charge in [0.15, 0.2) is 0 Å². The van der Waals surface area contributed by atoms with Crippen LogP contribution in [0.25, 0.3) is 0 Å². The molecule has 4 nitrogen and oxygen atoms in total. The van der Waals surface area contributed by atoms with Gasteiger partial charge in [-0.15, -0.1) is 0 Å². The van der Waals surface area contributed by atoms with E-state index in [1.165, 1.54) is 5.56 Å². The average molecular weight is 350 g/mol. The number of hydrogen-bond donors (Lipinski definition) is 0. The number of piperazine rings is 1. The highest BCUT2D eigenvalue weighted by molar-refractivity contribution is 5.94. The van der Waals surface area contributed by atoms with E-state index >= 15 is 0 Å². The summed E-state index contributed by atoms with van der Waals surface area (Å²) in [5.74, 6) is 0.202. The second-order valence-electron chi connectivity index (χ2n) is 7.47. The summed E-state index contributed by atoms with van der Waals surface area (Å²) < 4.78 is 0. The standard InChI is InChI=1S/C22H26N2O2/c1-22(2,19-11-7-4-8-12-19)17-20(25)23-13-15-24(16-14-23)21(26)18-9-5-3-6-10-18/h3-12H,13-17H2,1-2H3. The van der Waals surface area contributed by atoms with Crippen LogP contribution in [0.2, 0.25) is 0 Å². The molecular formula is C22H26N2O2. The van der Waals surface area contributed by atoms with Gasteiger partial charge in [0.2, 0.25) is 5.91 Å². The van der Waals surface area contributed by atoms with E-state index in [2.05, 4.69) is 26.0 Å². The number of nitrogens with zero attached hydrogens (tertiary/aromatic N) is 2. The molecule has 0 aliphatic carbocycles. The monoisotopic (exact) mass is 350 g/mol. The second-order valence-corrected chi connectivity index (χ2v) is 7.47. The van der Waals surface area contributed by atoms with Crippen molar-refractivity contribution in [1.29, 1.82) is 0 Å². The molecule has 136 valence electrons. The zero-order valence-electron chi connectivity index (χ0n) is 15.5. The molecule has 0 bridgehead atoms. The SMILES string of the molecule is CC(C)(CC(=O)N1CCN(C(=O)c2ccccc2)CC1)c1ccccc1. The quantitative estimate of drug-likeness (QED) is 0.848. The van der Waals surface area contributed by atoms with Crippen LogP contribution in [0.5, 0.6) is 0 Å². The smallest absolute Gasteiger partial charge is 0.253 e. The lowest BCUT2D eigenvalue weighted by molar-refractivity contribution is -0.133. The number of benzene rings is 2. The normalized spacial score (nSPS) is 15.0. The van der Waals surface area contributed by atoms with Crippen molar-refractivity contribution in [2.45, 2.75) is 25.7 Å². The Morgan fingerprint density at radius 1 is 0.808 bits per heavy atom. The highest BCUT2D eigenvalue weighted by Gasteiger charge is 2.29. The maximum atomic E-state index is 12.8. The van der Waals surface area contributed by atoms with Crippen LogP contribution >= 0.6 is 0 Å². The Hall–Kier alpha value is -2.62. The lowest BCUT2D eigenvalue weighted by Gasteiger charge is -2.36. The van der Waals surface area contributed by atoms with E-state index in [0.29, 0.717) is 38.2 Å². The first-order chi connectivity index (χ1) is 12.5. The summed E-state index contributed by atoms with van der Waals surface area (Å²) in [6, 6.07) is 19.5. The minimum Gasteiger partial charge on any atom is -0.339 e. The van der Waals surface area contributed by atoms with E-state index in [1.807, 2.05) is 58.3 Å². The van der Waals surface area contributed by atoms with E-state index in [9.17, 15) is 9.59 Å². The van der Waals surface area contributed by atoms with Gasteiger partial charge in [0.1, 0.15) is 0 Å². The first-order valence-electron chi connectivity index (χ1n) is 9.15. The third-order valence-corrected chi connectivity index (χ3v) is 5.09. The molecule has 26 heavy (non-hydrogen) atoms. The summed E-state index contributed by atoms with van der Waals surface area (Å²) in [4.78, 5) is 29.0. The van der Waals surface area contributed by atoms with Gasteiger partial charge < -0.3 is 9.80 Å². The lowest BCUT2D eigenvalue weighted by Crippen LogP contribution is -2.51. The summed E-state index contributed by atoms with van der Waals surface area (Å²) in [5, 5.41) is 0. The van der Waals surface area contributed by atoms with Gasteiger partial charge >= 0.3 is 0 Å². The molecule has 0 spiro atoms. The maximum Gasteiger partial charge on any atom is 0.253 e. The predicted molar refractivity (Wildman–Crippen MR) is 103 cm³/mol. The van der Waals surface area contributed by atoms with Crippen LogP contribution in [0, 0.1) is 0 Å². The second kappa shape index (κ2) is 7.73. The molecule has 1 aliphatic rings. The van der Waals surface area contributed by atoms with Crippen molar-refractivity contribution in [3.63, 3.8) is 0 Å². The number of carbonyl (C=O) groups is 2. The molecule has 0 radical (unpaired) electrons. The average Bonchev–Trinajstić information content (AvgIpc) is 2.68. The van der Waals surface area contributed by atoms with E-state index < -0.39 is 0 Å². The van der Waals surface area contributed by atoms with Crippen molar-refractivity contribution in [3.8, 4) is 0 Å². The van der Waals surface area contributed by atoms with Crippen molar-refractivity contribution < 1.29 is 9.59 Å². The highest BCUT2D eigenvalue weighted by Crippen LogP contribution is 2.27. The van der Waals surface area contributed by atoms with Crippen LogP contribution in [0.1, 0.15) is 36.2 Å². The molecule has 2 aromatic rings. The Morgan fingerprint density at radius 3 is 1.88 bits per heavy atom. The zero-order valence-corrected chi connectivity index (χ0v) is 15.5. The molecule has 1 aliphatic heterocycles. The lowest BCUT2D eigenvalue weighted by atomic mass is 9.81. The molecule has 4 heteroatoms. The Labute approximate surface area is 155 Å². The van der Waals surface area contributed by atoms with Gasteiger partial charge in [-0.1, -0.05) is 62.4 Å². The Kier molecular flexibility index (Phi) is 5.40. The molecule has 0 saturated carbocycles. The first-order valence-corrected chi connectivity index (χ1v) is 9.15. The van der Waals surface area contributed by atoms with E-state index in [-0.39, 0.29) is 17.2 Å². The summed E-state index contributed by atoms with van der Waals surface area (Å²) in [7, 11) is 0. The summed E-state index contributed by atoms with van der Waals surface area (Å²) >= 11 is 0. The molecule has 3 rings (SSSR count). The molecule has 0 N–H and O–H groups in total. The molecule has 0 unspecified atom stereocenters. The number of rotatable bonds is 4. The number of hydrogen-bond acceptors (Lipinski definition) is 2. The first kappa shape index (κ1) is 18.2. The minimum atomic E-state index is -0.199. The van der Waals surface area contributed by atoms with Crippen molar-refractivity contribution in [2.75, 3.05) is 26.2 Å². The fourth-order valence-corrected chi connectivity index (χ4v) is 3.40. The topological polar surface area (TPSA) is 40.6 Å². The van der Waals surface area contributed by atoms with Gasteiger partial charge in [-0.2, -0.15) is 0 Å². The van der Waals surface area contributed by atoms with Crippen molar-refractivity contribution >= 4 is 11.8 Å². The number of carbonyl (C=O) groups excluding carboxylic acids is 2. The highest BCUT2D eigenvalue weighted by atomic mass is 16.2. The van der Waals surface area contributed by atoms with Crippen molar-refractivity contribution in [3.05, 3.63) is 71.8 Å². The van der Waals surface area contributed by atoms with Crippen LogP contribution in [0.15, 0.2) is 60.7 Å². The van der Waals surface area contributed by atoms with Crippen LogP contribution in [-0.4, -0.2) is 47.8 Å². The molecule has 1 fully saturated rings. The molecule has 0 atom stereocenters. The van der Waals surface area contributed by atoms with Crippen LogP contribution in [-0.2, 0) is 10.2 Å². The molecule has 0 aromatic heterocycles. The van der Waals surface area contributed by atoms with Gasteiger partial charge in [-0.3, -0.25) is 9.59 Å².